The fraction of sp³-hybridized carbons (Fsp3) is 0.0588. The molecule has 0 unspecified atom stereocenters. The van der Waals surface area contributed by atoms with Gasteiger partial charge in [-0.05, 0) is 43.3 Å². The van der Waals surface area contributed by atoms with Crippen LogP contribution in [0.5, 0.6) is 0 Å². The van der Waals surface area contributed by atoms with E-state index in [1.807, 2.05) is 31.2 Å². The topological polar surface area (TPSA) is 49.8 Å². The Hall–Kier alpha value is -2.54. The number of anilines is 4. The summed E-state index contributed by atoms with van der Waals surface area (Å²) in [6, 6.07) is 12.9. The highest BCUT2D eigenvalue weighted by atomic mass is 79.9. The highest BCUT2D eigenvalue weighted by Gasteiger charge is 2.06. The second-order valence-electron chi connectivity index (χ2n) is 5.10. The molecule has 7 heteroatoms. The molecule has 0 radical (unpaired) electrons. The minimum atomic E-state index is -0.918. The molecule has 1 aromatic heterocycles. The quantitative estimate of drug-likeness (QED) is 0.633. The van der Waals surface area contributed by atoms with Crippen molar-refractivity contribution in [2.24, 2.45) is 0 Å². The maximum Gasteiger partial charge on any atom is 0.229 e. The van der Waals surface area contributed by atoms with Crippen LogP contribution in [0.1, 0.15) is 5.69 Å². The molecule has 0 spiro atoms. The predicted octanol–water partition coefficient (Wildman–Crippen LogP) is 5.31. The van der Waals surface area contributed by atoms with Gasteiger partial charge in [-0.3, -0.25) is 0 Å². The Morgan fingerprint density at radius 2 is 1.54 bits per heavy atom. The van der Waals surface area contributed by atoms with Gasteiger partial charge in [-0.2, -0.15) is 4.98 Å². The summed E-state index contributed by atoms with van der Waals surface area (Å²) >= 11 is 3.38. The van der Waals surface area contributed by atoms with Crippen molar-refractivity contribution >= 4 is 39.1 Å². The molecule has 0 fully saturated rings. The van der Waals surface area contributed by atoms with Crippen molar-refractivity contribution < 1.29 is 8.78 Å². The second kappa shape index (κ2) is 6.92. The SMILES string of the molecule is Cc1cc(Nc2ccc(F)c(F)c2)nc(Nc2ccc(Br)cc2)n1. The predicted molar refractivity (Wildman–Crippen MR) is 93.8 cm³/mol. The van der Waals surface area contributed by atoms with Gasteiger partial charge in [0.15, 0.2) is 11.6 Å². The van der Waals surface area contributed by atoms with Crippen molar-refractivity contribution in [2.45, 2.75) is 6.92 Å². The Bertz CT molecular complexity index is 869. The van der Waals surface area contributed by atoms with Crippen LogP contribution in [-0.2, 0) is 0 Å². The number of aromatic nitrogens is 2. The minimum absolute atomic E-state index is 0.404. The van der Waals surface area contributed by atoms with Crippen LogP contribution in [0.4, 0.5) is 31.9 Å². The Morgan fingerprint density at radius 1 is 0.833 bits per heavy atom. The first-order valence-corrected chi connectivity index (χ1v) is 7.89. The van der Waals surface area contributed by atoms with Crippen LogP contribution < -0.4 is 10.6 Å². The molecule has 2 N–H and O–H groups in total. The summed E-state index contributed by atoms with van der Waals surface area (Å²) in [6.45, 7) is 1.82. The number of rotatable bonds is 4. The third-order valence-corrected chi connectivity index (χ3v) is 3.68. The lowest BCUT2D eigenvalue weighted by atomic mass is 10.3. The van der Waals surface area contributed by atoms with Gasteiger partial charge in [-0.1, -0.05) is 15.9 Å². The normalized spacial score (nSPS) is 10.5. The maximum absolute atomic E-state index is 13.3. The summed E-state index contributed by atoms with van der Waals surface area (Å²) in [5, 5.41) is 6.04. The van der Waals surface area contributed by atoms with Gasteiger partial charge in [0.2, 0.25) is 5.95 Å². The smallest absolute Gasteiger partial charge is 0.229 e. The summed E-state index contributed by atoms with van der Waals surface area (Å²) in [4.78, 5) is 8.65. The first-order chi connectivity index (χ1) is 11.5. The molecule has 0 saturated heterocycles. The van der Waals surface area contributed by atoms with E-state index in [2.05, 4.69) is 36.5 Å². The van der Waals surface area contributed by atoms with Crippen molar-refractivity contribution in [1.29, 1.82) is 0 Å². The molecule has 122 valence electrons. The molecule has 0 amide bonds. The van der Waals surface area contributed by atoms with E-state index >= 15 is 0 Å². The number of hydrogen-bond donors (Lipinski definition) is 2. The molecule has 3 aromatic rings. The second-order valence-corrected chi connectivity index (χ2v) is 6.02. The van der Waals surface area contributed by atoms with E-state index in [0.717, 1.165) is 28.0 Å². The number of nitrogens with one attached hydrogen (secondary N) is 2. The van der Waals surface area contributed by atoms with Crippen LogP contribution in [0.25, 0.3) is 0 Å². The van der Waals surface area contributed by atoms with Crippen molar-refractivity contribution in [3.8, 4) is 0 Å². The molecule has 3 rings (SSSR count). The van der Waals surface area contributed by atoms with Crippen LogP contribution in [0.15, 0.2) is 53.0 Å². The van der Waals surface area contributed by atoms with E-state index in [1.165, 1.54) is 6.07 Å². The van der Waals surface area contributed by atoms with Gasteiger partial charge in [0.05, 0.1) is 0 Å². The lowest BCUT2D eigenvalue weighted by Crippen LogP contribution is -2.02. The summed E-state index contributed by atoms with van der Waals surface area (Å²) < 4.78 is 27.3. The van der Waals surface area contributed by atoms with Crippen molar-refractivity contribution in [3.63, 3.8) is 0 Å². The molecular weight excluding hydrogens is 378 g/mol. The fourth-order valence-corrected chi connectivity index (χ4v) is 2.34. The number of benzene rings is 2. The minimum Gasteiger partial charge on any atom is -0.340 e. The Labute approximate surface area is 146 Å². The molecule has 24 heavy (non-hydrogen) atoms. The average molecular weight is 391 g/mol. The molecule has 0 saturated carbocycles. The molecule has 0 aliphatic rings. The van der Waals surface area contributed by atoms with E-state index in [9.17, 15) is 8.78 Å². The van der Waals surface area contributed by atoms with Crippen molar-refractivity contribution in [3.05, 3.63) is 70.3 Å². The molecular formula is C17H13BrF2N4. The molecule has 2 aromatic carbocycles. The van der Waals surface area contributed by atoms with E-state index in [0.29, 0.717) is 17.5 Å². The zero-order valence-corrected chi connectivity index (χ0v) is 14.2. The standard InChI is InChI=1S/C17H13BrF2N4/c1-10-8-16(22-13-6-7-14(19)15(20)9-13)24-17(21-10)23-12-4-2-11(18)3-5-12/h2-9H,1H3,(H2,21,22,23,24). The summed E-state index contributed by atoms with van der Waals surface area (Å²) in [5.41, 5.74) is 1.97. The lowest BCUT2D eigenvalue weighted by Gasteiger charge is -2.10. The molecule has 0 bridgehead atoms. The van der Waals surface area contributed by atoms with E-state index in [-0.39, 0.29) is 0 Å². The molecule has 4 nitrogen and oxygen atoms in total. The Morgan fingerprint density at radius 3 is 2.25 bits per heavy atom. The Balaban J connectivity index is 1.82. The van der Waals surface area contributed by atoms with E-state index in [1.54, 1.807) is 6.07 Å². The van der Waals surface area contributed by atoms with Gasteiger partial charge in [-0.25, -0.2) is 13.8 Å². The van der Waals surface area contributed by atoms with Gasteiger partial charge in [0.25, 0.3) is 0 Å². The van der Waals surface area contributed by atoms with Crippen LogP contribution in [-0.4, -0.2) is 9.97 Å². The van der Waals surface area contributed by atoms with Gasteiger partial charge in [0, 0.05) is 33.7 Å². The highest BCUT2D eigenvalue weighted by molar-refractivity contribution is 9.10. The average Bonchev–Trinajstić information content (AvgIpc) is 2.53. The van der Waals surface area contributed by atoms with Crippen LogP contribution in [0.3, 0.4) is 0 Å². The monoisotopic (exact) mass is 390 g/mol. The van der Waals surface area contributed by atoms with Gasteiger partial charge in [-0.15, -0.1) is 0 Å². The first kappa shape index (κ1) is 16.3. The van der Waals surface area contributed by atoms with Gasteiger partial charge in [0.1, 0.15) is 5.82 Å². The van der Waals surface area contributed by atoms with Crippen LogP contribution >= 0.6 is 15.9 Å². The third-order valence-electron chi connectivity index (χ3n) is 3.15. The zero-order valence-electron chi connectivity index (χ0n) is 12.6. The maximum atomic E-state index is 13.3. The lowest BCUT2D eigenvalue weighted by molar-refractivity contribution is 0.509. The van der Waals surface area contributed by atoms with Crippen LogP contribution in [0.2, 0.25) is 0 Å². The molecule has 0 aliphatic heterocycles. The number of nitrogens with zero attached hydrogens (tertiary/aromatic N) is 2. The van der Waals surface area contributed by atoms with Crippen molar-refractivity contribution in [1.82, 2.24) is 9.97 Å². The highest BCUT2D eigenvalue weighted by Crippen LogP contribution is 2.21. The summed E-state index contributed by atoms with van der Waals surface area (Å²) in [6.07, 6.45) is 0. The molecule has 0 aliphatic carbocycles. The first-order valence-electron chi connectivity index (χ1n) is 7.10. The molecule has 0 atom stereocenters. The Kier molecular flexibility index (Phi) is 4.71. The number of halogens is 3. The number of aryl methyl sites for hydroxylation is 1. The number of hydrogen-bond acceptors (Lipinski definition) is 4. The third kappa shape index (κ3) is 4.05. The summed E-state index contributed by atoms with van der Waals surface area (Å²) in [7, 11) is 0. The largest absolute Gasteiger partial charge is 0.340 e. The summed E-state index contributed by atoms with van der Waals surface area (Å²) in [5.74, 6) is -0.925. The fourth-order valence-electron chi connectivity index (χ4n) is 2.07. The van der Waals surface area contributed by atoms with Gasteiger partial charge < -0.3 is 10.6 Å². The van der Waals surface area contributed by atoms with Crippen molar-refractivity contribution in [2.75, 3.05) is 10.6 Å². The van der Waals surface area contributed by atoms with E-state index in [4.69, 9.17) is 0 Å². The van der Waals surface area contributed by atoms with Gasteiger partial charge >= 0.3 is 0 Å². The zero-order chi connectivity index (χ0) is 17.1. The van der Waals surface area contributed by atoms with E-state index < -0.39 is 11.6 Å². The molecule has 1 heterocycles. The van der Waals surface area contributed by atoms with Crippen LogP contribution in [0, 0.1) is 18.6 Å².